The van der Waals surface area contributed by atoms with Gasteiger partial charge in [0, 0.05) is 30.7 Å². The summed E-state index contributed by atoms with van der Waals surface area (Å²) in [6.45, 7) is 8.47. The number of rotatable bonds is 2. The Hall–Kier alpha value is -2.70. The van der Waals surface area contributed by atoms with Crippen molar-refractivity contribution in [1.82, 2.24) is 20.2 Å². The van der Waals surface area contributed by atoms with Crippen molar-refractivity contribution in [2.45, 2.75) is 45.8 Å². The molecule has 2 amide bonds. The maximum Gasteiger partial charge on any atom is 0.410 e. The van der Waals surface area contributed by atoms with Gasteiger partial charge < -0.3 is 15.0 Å². The quantitative estimate of drug-likeness (QED) is 0.894. The van der Waals surface area contributed by atoms with Crippen LogP contribution in [0.5, 0.6) is 0 Å². The number of aromatic nitrogens is 2. The molecule has 3 rings (SSSR count). The molecule has 0 saturated carbocycles. The highest BCUT2D eigenvalue weighted by molar-refractivity contribution is 5.93. The third-order valence-electron chi connectivity index (χ3n) is 4.11. The van der Waals surface area contributed by atoms with Crippen LogP contribution in [0.25, 0.3) is 10.9 Å². The lowest BCUT2D eigenvalue weighted by molar-refractivity contribution is 0.0290. The first-order chi connectivity index (χ1) is 12.2. The van der Waals surface area contributed by atoms with E-state index in [1.54, 1.807) is 11.1 Å². The molecule has 7 nitrogen and oxygen atoms in total. The Balaban J connectivity index is 1.62. The standard InChI is InChI=1S/C19H24N4O3/c1-12-5-6-15-13(9-12)10-20-16(22-15)17(24)21-14-7-8-23(11-14)18(25)26-19(2,3)4/h5-6,9-10,14H,7-8,11H2,1-4H3,(H,21,24)/t14-/m0/s1. The smallest absolute Gasteiger partial charge is 0.410 e. The van der Waals surface area contributed by atoms with Crippen LogP contribution < -0.4 is 5.32 Å². The number of benzene rings is 1. The van der Waals surface area contributed by atoms with Crippen molar-refractivity contribution in [3.05, 3.63) is 35.8 Å². The van der Waals surface area contributed by atoms with Gasteiger partial charge in [-0.1, -0.05) is 11.6 Å². The zero-order valence-corrected chi connectivity index (χ0v) is 15.6. The molecular formula is C19H24N4O3. The van der Waals surface area contributed by atoms with E-state index in [2.05, 4.69) is 15.3 Å². The summed E-state index contributed by atoms with van der Waals surface area (Å²) in [5, 5.41) is 3.81. The molecule has 0 unspecified atom stereocenters. The van der Waals surface area contributed by atoms with Crippen molar-refractivity contribution in [3.8, 4) is 0 Å². The van der Waals surface area contributed by atoms with Gasteiger partial charge in [0.2, 0.25) is 5.82 Å². The first-order valence-electron chi connectivity index (χ1n) is 8.73. The minimum Gasteiger partial charge on any atom is -0.444 e. The lowest BCUT2D eigenvalue weighted by atomic mass is 10.2. The fourth-order valence-electron chi connectivity index (χ4n) is 2.88. The predicted octanol–water partition coefficient (Wildman–Crippen LogP) is 2.68. The summed E-state index contributed by atoms with van der Waals surface area (Å²) >= 11 is 0. The highest BCUT2D eigenvalue weighted by Gasteiger charge is 2.31. The summed E-state index contributed by atoms with van der Waals surface area (Å²) in [4.78, 5) is 34.7. The van der Waals surface area contributed by atoms with Crippen molar-refractivity contribution >= 4 is 22.9 Å². The van der Waals surface area contributed by atoms with Gasteiger partial charge in [-0.05, 0) is 46.2 Å². The van der Waals surface area contributed by atoms with Crippen molar-refractivity contribution < 1.29 is 14.3 Å². The van der Waals surface area contributed by atoms with Gasteiger partial charge in [-0.15, -0.1) is 0 Å². The van der Waals surface area contributed by atoms with Crippen LogP contribution in [0.4, 0.5) is 4.79 Å². The highest BCUT2D eigenvalue weighted by atomic mass is 16.6. The van der Waals surface area contributed by atoms with E-state index in [0.29, 0.717) is 19.5 Å². The molecule has 0 bridgehead atoms. The fraction of sp³-hybridized carbons (Fsp3) is 0.474. The van der Waals surface area contributed by atoms with Crippen LogP contribution in [0.1, 0.15) is 43.4 Å². The second-order valence-corrected chi connectivity index (χ2v) is 7.64. The van der Waals surface area contributed by atoms with E-state index in [1.807, 2.05) is 45.9 Å². The fourth-order valence-corrected chi connectivity index (χ4v) is 2.88. The molecule has 1 saturated heterocycles. The largest absolute Gasteiger partial charge is 0.444 e. The lowest BCUT2D eigenvalue weighted by Gasteiger charge is -2.24. The predicted molar refractivity (Wildman–Crippen MR) is 98.0 cm³/mol. The van der Waals surface area contributed by atoms with E-state index < -0.39 is 5.60 Å². The molecule has 1 aliphatic heterocycles. The Labute approximate surface area is 152 Å². The van der Waals surface area contributed by atoms with Gasteiger partial charge >= 0.3 is 6.09 Å². The average Bonchev–Trinajstić information content (AvgIpc) is 3.01. The van der Waals surface area contributed by atoms with Crippen molar-refractivity contribution in [1.29, 1.82) is 0 Å². The van der Waals surface area contributed by atoms with Crippen molar-refractivity contribution in [2.24, 2.45) is 0 Å². The number of hydrogen-bond donors (Lipinski definition) is 1. The summed E-state index contributed by atoms with van der Waals surface area (Å²) in [6.07, 6.45) is 1.98. The number of aryl methyl sites for hydroxylation is 1. The van der Waals surface area contributed by atoms with Crippen LogP contribution in [0.2, 0.25) is 0 Å². The SMILES string of the molecule is Cc1ccc2nc(C(=O)N[C@H]3CCN(C(=O)OC(C)(C)C)C3)ncc2c1. The monoisotopic (exact) mass is 356 g/mol. The molecule has 1 aromatic heterocycles. The van der Waals surface area contributed by atoms with Gasteiger partial charge in [0.1, 0.15) is 5.60 Å². The molecule has 1 fully saturated rings. The van der Waals surface area contributed by atoms with E-state index in [-0.39, 0.29) is 23.9 Å². The zero-order valence-electron chi connectivity index (χ0n) is 15.6. The van der Waals surface area contributed by atoms with E-state index >= 15 is 0 Å². The molecule has 0 spiro atoms. The lowest BCUT2D eigenvalue weighted by Crippen LogP contribution is -2.40. The first kappa shape index (κ1) is 18.1. The van der Waals surface area contributed by atoms with Crippen LogP contribution in [-0.4, -0.2) is 51.6 Å². The number of ether oxygens (including phenoxy) is 1. The van der Waals surface area contributed by atoms with Crippen LogP contribution in [0.15, 0.2) is 24.4 Å². The van der Waals surface area contributed by atoms with Gasteiger partial charge in [-0.3, -0.25) is 4.79 Å². The molecule has 26 heavy (non-hydrogen) atoms. The molecule has 7 heteroatoms. The maximum absolute atomic E-state index is 12.4. The Morgan fingerprint density at radius 3 is 2.81 bits per heavy atom. The molecule has 1 aliphatic rings. The molecule has 0 radical (unpaired) electrons. The normalized spacial score (nSPS) is 17.4. The van der Waals surface area contributed by atoms with Crippen LogP contribution >= 0.6 is 0 Å². The Morgan fingerprint density at radius 1 is 1.31 bits per heavy atom. The zero-order chi connectivity index (χ0) is 18.9. The number of amides is 2. The molecule has 2 heterocycles. The number of nitrogens with zero attached hydrogens (tertiary/aromatic N) is 3. The summed E-state index contributed by atoms with van der Waals surface area (Å²) in [5.41, 5.74) is 1.32. The van der Waals surface area contributed by atoms with Gasteiger partial charge in [-0.2, -0.15) is 0 Å². The Kier molecular flexibility index (Phi) is 4.80. The van der Waals surface area contributed by atoms with Gasteiger partial charge in [0.15, 0.2) is 0 Å². The summed E-state index contributed by atoms with van der Waals surface area (Å²) < 4.78 is 5.37. The summed E-state index contributed by atoms with van der Waals surface area (Å²) in [5.74, 6) is -0.194. The third kappa shape index (κ3) is 4.28. The summed E-state index contributed by atoms with van der Waals surface area (Å²) in [7, 11) is 0. The van der Waals surface area contributed by atoms with Gasteiger partial charge in [0.05, 0.1) is 5.52 Å². The molecule has 1 N–H and O–H groups in total. The summed E-state index contributed by atoms with van der Waals surface area (Å²) in [6, 6.07) is 5.68. The van der Waals surface area contributed by atoms with Gasteiger partial charge in [-0.25, -0.2) is 14.8 Å². The van der Waals surface area contributed by atoms with Crippen LogP contribution in [-0.2, 0) is 4.74 Å². The Morgan fingerprint density at radius 2 is 2.08 bits per heavy atom. The van der Waals surface area contributed by atoms with E-state index in [9.17, 15) is 9.59 Å². The molecule has 2 aromatic rings. The van der Waals surface area contributed by atoms with E-state index in [1.165, 1.54) is 0 Å². The van der Waals surface area contributed by atoms with Gasteiger partial charge in [0.25, 0.3) is 5.91 Å². The minimum absolute atomic E-state index is 0.132. The van der Waals surface area contributed by atoms with Crippen LogP contribution in [0, 0.1) is 6.92 Å². The number of likely N-dealkylation sites (tertiary alicyclic amines) is 1. The maximum atomic E-state index is 12.4. The number of nitrogens with one attached hydrogen (secondary N) is 1. The first-order valence-corrected chi connectivity index (χ1v) is 8.73. The van der Waals surface area contributed by atoms with E-state index in [4.69, 9.17) is 4.74 Å². The molecule has 1 aromatic carbocycles. The third-order valence-corrected chi connectivity index (χ3v) is 4.11. The topological polar surface area (TPSA) is 84.4 Å². The number of hydrogen-bond acceptors (Lipinski definition) is 5. The molecule has 138 valence electrons. The number of carbonyl (C=O) groups excluding carboxylic acids is 2. The molecule has 1 atom stereocenters. The second-order valence-electron chi connectivity index (χ2n) is 7.64. The second kappa shape index (κ2) is 6.90. The highest BCUT2D eigenvalue weighted by Crippen LogP contribution is 2.16. The Bertz CT molecular complexity index is 844. The number of carbonyl (C=O) groups is 2. The van der Waals surface area contributed by atoms with Crippen molar-refractivity contribution in [3.63, 3.8) is 0 Å². The minimum atomic E-state index is -0.532. The average molecular weight is 356 g/mol. The number of fused-ring (bicyclic) bond motifs is 1. The molecule has 0 aliphatic carbocycles. The van der Waals surface area contributed by atoms with Crippen molar-refractivity contribution in [2.75, 3.05) is 13.1 Å². The van der Waals surface area contributed by atoms with E-state index in [0.717, 1.165) is 16.5 Å². The molecular weight excluding hydrogens is 332 g/mol. The van der Waals surface area contributed by atoms with Crippen LogP contribution in [0.3, 0.4) is 0 Å².